The first-order valence-electron chi connectivity index (χ1n) is 8.70. The summed E-state index contributed by atoms with van der Waals surface area (Å²) in [5, 5.41) is 10.6. The van der Waals surface area contributed by atoms with Gasteiger partial charge in [0.1, 0.15) is 24.4 Å². The van der Waals surface area contributed by atoms with Crippen LogP contribution in [-0.2, 0) is 9.47 Å². The van der Waals surface area contributed by atoms with Crippen LogP contribution in [0, 0.1) is 0 Å². The van der Waals surface area contributed by atoms with Crippen LogP contribution in [0.2, 0.25) is 0 Å². The zero-order chi connectivity index (χ0) is 17.6. The summed E-state index contributed by atoms with van der Waals surface area (Å²) >= 11 is 4.30. The lowest BCUT2D eigenvalue weighted by atomic mass is 10.1. The summed E-state index contributed by atoms with van der Waals surface area (Å²) in [7, 11) is 0. The average Bonchev–Trinajstić information content (AvgIpc) is 3.31. The van der Waals surface area contributed by atoms with Crippen molar-refractivity contribution in [2.45, 2.75) is 56.6 Å². The molecule has 2 aliphatic rings. The number of aliphatic hydroxyl groups is 1. The molecular weight excluding hydrogens is 342 g/mol. The third-order valence-corrected chi connectivity index (χ3v) is 5.10. The minimum atomic E-state index is -0.752. The van der Waals surface area contributed by atoms with Gasteiger partial charge >= 0.3 is 0 Å². The Kier molecular flexibility index (Phi) is 4.57. The molecule has 2 aromatic rings. The van der Waals surface area contributed by atoms with Crippen LogP contribution in [0.3, 0.4) is 0 Å². The number of aliphatic hydroxyl groups excluding tert-OH is 1. The Morgan fingerprint density at radius 3 is 2.92 bits per heavy atom. The highest BCUT2D eigenvalue weighted by Gasteiger charge is 2.47. The van der Waals surface area contributed by atoms with E-state index in [2.05, 4.69) is 27.6 Å². The quantitative estimate of drug-likeness (QED) is 0.662. The van der Waals surface area contributed by atoms with E-state index in [1.165, 1.54) is 6.33 Å². The van der Waals surface area contributed by atoms with E-state index in [9.17, 15) is 5.11 Å². The van der Waals surface area contributed by atoms with Gasteiger partial charge in [-0.25, -0.2) is 15.0 Å². The molecule has 0 unspecified atom stereocenters. The Morgan fingerprint density at radius 1 is 1.44 bits per heavy atom. The summed E-state index contributed by atoms with van der Waals surface area (Å²) in [4.78, 5) is 13.1. The fourth-order valence-electron chi connectivity index (χ4n) is 3.33. The lowest BCUT2D eigenvalue weighted by molar-refractivity contribution is -0.0665. The molecule has 2 aromatic heterocycles. The molecular formula is C16H23N5O3S. The van der Waals surface area contributed by atoms with Gasteiger partial charge < -0.3 is 20.3 Å². The Morgan fingerprint density at radius 2 is 2.24 bits per heavy atom. The predicted octanol–water partition coefficient (Wildman–Crippen LogP) is 1.27. The first-order chi connectivity index (χ1) is 12.2. The van der Waals surface area contributed by atoms with Gasteiger partial charge in [0.15, 0.2) is 23.2 Å². The van der Waals surface area contributed by atoms with E-state index < -0.39 is 24.5 Å². The number of hydrogen-bond acceptors (Lipinski definition) is 8. The van der Waals surface area contributed by atoms with E-state index in [0.717, 1.165) is 25.1 Å². The van der Waals surface area contributed by atoms with Gasteiger partial charge in [-0.2, -0.15) is 12.6 Å². The second kappa shape index (κ2) is 6.71. The number of fused-ring (bicyclic) bond motifs is 1. The number of nitrogen functional groups attached to an aromatic ring is 1. The molecule has 3 N–H and O–H groups in total. The molecule has 1 saturated heterocycles. The normalized spacial score (nSPS) is 29.6. The van der Waals surface area contributed by atoms with Crippen molar-refractivity contribution in [1.82, 2.24) is 19.5 Å². The molecule has 25 heavy (non-hydrogen) atoms. The van der Waals surface area contributed by atoms with Gasteiger partial charge in [-0.1, -0.05) is 6.92 Å². The number of anilines is 1. The van der Waals surface area contributed by atoms with Crippen LogP contribution in [0.1, 0.15) is 44.2 Å². The van der Waals surface area contributed by atoms with Crippen molar-refractivity contribution in [2.75, 3.05) is 18.1 Å². The van der Waals surface area contributed by atoms with Gasteiger partial charge in [0, 0.05) is 18.3 Å². The maximum atomic E-state index is 10.6. The monoisotopic (exact) mass is 365 g/mol. The van der Waals surface area contributed by atoms with E-state index in [1.807, 2.05) is 11.5 Å². The molecule has 1 aliphatic carbocycles. The van der Waals surface area contributed by atoms with Crippen molar-refractivity contribution in [3.05, 3.63) is 12.2 Å². The topological polar surface area (TPSA) is 108 Å². The number of hydrogen-bond donors (Lipinski definition) is 3. The molecule has 4 rings (SSSR count). The number of aromatic nitrogens is 4. The number of nitrogens with two attached hydrogens (primary N) is 1. The van der Waals surface area contributed by atoms with Crippen LogP contribution in [0.15, 0.2) is 6.33 Å². The van der Waals surface area contributed by atoms with E-state index in [0.29, 0.717) is 35.3 Å². The Hall–Kier alpha value is -1.42. The molecule has 1 saturated carbocycles. The van der Waals surface area contributed by atoms with Crippen molar-refractivity contribution in [3.63, 3.8) is 0 Å². The van der Waals surface area contributed by atoms with Crippen LogP contribution in [0.4, 0.5) is 5.82 Å². The van der Waals surface area contributed by atoms with Gasteiger partial charge in [0.2, 0.25) is 0 Å². The first kappa shape index (κ1) is 17.0. The molecule has 0 radical (unpaired) electrons. The van der Waals surface area contributed by atoms with E-state index in [-0.39, 0.29) is 0 Å². The van der Waals surface area contributed by atoms with Crippen molar-refractivity contribution < 1.29 is 14.6 Å². The zero-order valence-electron chi connectivity index (χ0n) is 14.1. The molecule has 0 amide bonds. The first-order valence-corrected chi connectivity index (χ1v) is 9.33. The second-order valence-electron chi connectivity index (χ2n) is 6.62. The Labute approximate surface area is 151 Å². The van der Waals surface area contributed by atoms with E-state index in [1.54, 1.807) is 0 Å². The maximum Gasteiger partial charge on any atom is 0.167 e. The number of rotatable bonds is 6. The summed E-state index contributed by atoms with van der Waals surface area (Å²) in [6.07, 6.45) is 2.27. The molecule has 136 valence electrons. The summed E-state index contributed by atoms with van der Waals surface area (Å²) in [6.45, 7) is 2.58. The zero-order valence-corrected chi connectivity index (χ0v) is 15.0. The lowest BCUT2D eigenvalue weighted by Crippen LogP contribution is -2.35. The summed E-state index contributed by atoms with van der Waals surface area (Å²) in [5.74, 6) is 1.99. The second-order valence-corrected chi connectivity index (χ2v) is 6.98. The lowest BCUT2D eigenvalue weighted by Gasteiger charge is -2.23. The molecule has 9 heteroatoms. The molecule has 1 aliphatic heterocycles. The van der Waals surface area contributed by atoms with Crippen LogP contribution in [0.25, 0.3) is 11.2 Å². The highest BCUT2D eigenvalue weighted by atomic mass is 32.1. The molecule has 0 spiro atoms. The van der Waals surface area contributed by atoms with Crippen molar-refractivity contribution in [1.29, 1.82) is 0 Å². The third-order valence-electron chi connectivity index (χ3n) is 4.74. The van der Waals surface area contributed by atoms with Crippen molar-refractivity contribution in [2.24, 2.45) is 0 Å². The molecule has 8 nitrogen and oxygen atoms in total. The Balaban J connectivity index is 1.81. The molecule has 2 fully saturated rings. The highest BCUT2D eigenvalue weighted by molar-refractivity contribution is 7.80. The fraction of sp³-hybridized carbons (Fsp3) is 0.688. The minimum absolute atomic E-state index is 0.348. The highest BCUT2D eigenvalue weighted by Crippen LogP contribution is 2.44. The van der Waals surface area contributed by atoms with Gasteiger partial charge in [-0.05, 0) is 19.3 Å². The number of imidazole rings is 1. The number of thiol groups is 1. The number of ether oxygens (including phenoxy) is 2. The van der Waals surface area contributed by atoms with Crippen molar-refractivity contribution in [3.8, 4) is 0 Å². The summed E-state index contributed by atoms with van der Waals surface area (Å²) in [5.41, 5.74) is 7.19. The van der Waals surface area contributed by atoms with Crippen molar-refractivity contribution >= 4 is 29.6 Å². The number of nitrogens with zero attached hydrogens (tertiary/aromatic N) is 4. The standard InChI is InChI=1S/C16H23N5O3S/c1-2-5-23-12-11(22)9(6-25)24-16(12)21-14(8-3-4-8)20-10-13(17)18-7-19-15(10)21/h7-9,11-12,16,22,25H,2-6H2,1H3,(H2,17,18,19)/t9-,11-,12-,16-/m1/s1. The fourth-order valence-corrected chi connectivity index (χ4v) is 3.64. The molecule has 0 aromatic carbocycles. The smallest absolute Gasteiger partial charge is 0.167 e. The van der Waals surface area contributed by atoms with Gasteiger partial charge in [-0.15, -0.1) is 0 Å². The van der Waals surface area contributed by atoms with E-state index in [4.69, 9.17) is 15.2 Å². The van der Waals surface area contributed by atoms with E-state index >= 15 is 0 Å². The predicted molar refractivity (Wildman–Crippen MR) is 95.5 cm³/mol. The Bertz CT molecular complexity index is 766. The maximum absolute atomic E-state index is 10.6. The molecule has 4 atom stereocenters. The SMILES string of the molecule is CCCO[C@@H]1[C@H](O)[C@@H](CS)O[C@H]1n1c(C2CC2)nc2c(N)ncnc21. The minimum Gasteiger partial charge on any atom is -0.387 e. The summed E-state index contributed by atoms with van der Waals surface area (Å²) < 4.78 is 14.0. The molecule has 0 bridgehead atoms. The van der Waals surface area contributed by atoms with Crippen LogP contribution < -0.4 is 5.73 Å². The van der Waals surface area contributed by atoms with Crippen LogP contribution in [-0.4, -0.2) is 55.3 Å². The molecule has 3 heterocycles. The largest absolute Gasteiger partial charge is 0.387 e. The van der Waals surface area contributed by atoms with Gasteiger partial charge in [0.25, 0.3) is 0 Å². The van der Waals surface area contributed by atoms with Gasteiger partial charge in [0.05, 0.1) is 6.10 Å². The average molecular weight is 365 g/mol. The third kappa shape index (κ3) is 2.88. The van der Waals surface area contributed by atoms with Crippen LogP contribution in [0.5, 0.6) is 0 Å². The van der Waals surface area contributed by atoms with Gasteiger partial charge in [-0.3, -0.25) is 4.57 Å². The van der Waals surface area contributed by atoms with Crippen LogP contribution >= 0.6 is 12.6 Å². The summed E-state index contributed by atoms with van der Waals surface area (Å²) in [6, 6.07) is 0.